The second-order valence-electron chi connectivity index (χ2n) is 6.22. The first-order valence-corrected chi connectivity index (χ1v) is 8.33. The number of hydrogen-bond donors (Lipinski definition) is 1. The Bertz CT molecular complexity index is 709. The predicted molar refractivity (Wildman–Crippen MR) is 92.2 cm³/mol. The van der Waals surface area contributed by atoms with Gasteiger partial charge in [0.2, 0.25) is 0 Å². The average molecular weight is 323 g/mol. The zero-order valence-corrected chi connectivity index (χ0v) is 13.5. The molecule has 0 saturated carbocycles. The van der Waals surface area contributed by atoms with Gasteiger partial charge in [-0.3, -0.25) is 4.79 Å². The Morgan fingerprint density at radius 2 is 1.62 bits per heavy atom. The van der Waals surface area contributed by atoms with Gasteiger partial charge in [0.1, 0.15) is 0 Å². The van der Waals surface area contributed by atoms with E-state index in [9.17, 15) is 9.59 Å². The number of carboxylic acids is 1. The normalized spacial score (nSPS) is 17.5. The molecule has 4 heteroatoms. The lowest BCUT2D eigenvalue weighted by atomic mass is 9.94. The minimum atomic E-state index is -0.978. The summed E-state index contributed by atoms with van der Waals surface area (Å²) in [5.74, 6) is -0.985. The van der Waals surface area contributed by atoms with Crippen LogP contribution in [0.25, 0.3) is 0 Å². The highest BCUT2D eigenvalue weighted by Crippen LogP contribution is 2.23. The molecule has 0 radical (unpaired) electrons. The molecule has 1 N–H and O–H groups in total. The topological polar surface area (TPSA) is 57.6 Å². The summed E-state index contributed by atoms with van der Waals surface area (Å²) in [7, 11) is 0. The fraction of sp³-hybridized carbons (Fsp3) is 0.300. The number of carbonyl (C=O) groups is 2. The number of likely N-dealkylation sites (tertiary alicyclic amines) is 1. The number of aromatic carboxylic acids is 1. The Morgan fingerprint density at radius 3 is 2.29 bits per heavy atom. The summed E-state index contributed by atoms with van der Waals surface area (Å²) < 4.78 is 0. The van der Waals surface area contributed by atoms with Crippen molar-refractivity contribution >= 4 is 11.9 Å². The maximum atomic E-state index is 12.9. The van der Waals surface area contributed by atoms with Crippen LogP contribution in [0.15, 0.2) is 54.6 Å². The summed E-state index contributed by atoms with van der Waals surface area (Å²) in [4.78, 5) is 25.8. The molecule has 0 spiro atoms. The monoisotopic (exact) mass is 323 g/mol. The number of amides is 1. The minimum absolute atomic E-state index is 0.00688. The highest BCUT2D eigenvalue weighted by molar-refractivity contribution is 5.96. The van der Waals surface area contributed by atoms with E-state index in [1.807, 2.05) is 23.1 Å². The Morgan fingerprint density at radius 1 is 0.958 bits per heavy atom. The minimum Gasteiger partial charge on any atom is -0.478 e. The number of benzene rings is 2. The first-order chi connectivity index (χ1) is 11.6. The van der Waals surface area contributed by atoms with Gasteiger partial charge in [0.05, 0.1) is 5.56 Å². The summed E-state index contributed by atoms with van der Waals surface area (Å²) in [5, 5.41) is 8.97. The van der Waals surface area contributed by atoms with Crippen LogP contribution in [0.5, 0.6) is 0 Å². The molecule has 3 rings (SSSR count). The third kappa shape index (κ3) is 3.65. The van der Waals surface area contributed by atoms with Crippen LogP contribution in [-0.4, -0.2) is 34.5 Å². The zero-order valence-electron chi connectivity index (χ0n) is 13.5. The molecule has 1 heterocycles. The van der Waals surface area contributed by atoms with E-state index in [2.05, 4.69) is 12.1 Å². The first kappa shape index (κ1) is 16.2. The van der Waals surface area contributed by atoms with E-state index in [0.717, 1.165) is 32.2 Å². The van der Waals surface area contributed by atoms with E-state index in [1.54, 1.807) is 12.1 Å². The second-order valence-corrected chi connectivity index (χ2v) is 6.22. The number of piperidine rings is 1. The third-order valence-corrected chi connectivity index (χ3v) is 4.58. The third-order valence-electron chi connectivity index (χ3n) is 4.58. The van der Waals surface area contributed by atoms with Gasteiger partial charge in [-0.25, -0.2) is 4.79 Å². The SMILES string of the molecule is O=C(O)c1ccc(C(=O)N2CCCCC2Cc2ccccc2)cc1. The van der Waals surface area contributed by atoms with Crippen molar-refractivity contribution in [2.45, 2.75) is 31.7 Å². The summed E-state index contributed by atoms with van der Waals surface area (Å²) >= 11 is 0. The average Bonchev–Trinajstić information content (AvgIpc) is 2.62. The van der Waals surface area contributed by atoms with Crippen molar-refractivity contribution in [3.05, 3.63) is 71.3 Å². The lowest BCUT2D eigenvalue weighted by Crippen LogP contribution is -2.44. The lowest BCUT2D eigenvalue weighted by molar-refractivity contribution is 0.0611. The first-order valence-electron chi connectivity index (χ1n) is 8.33. The van der Waals surface area contributed by atoms with Crippen molar-refractivity contribution < 1.29 is 14.7 Å². The molecule has 0 aromatic heterocycles. The number of rotatable bonds is 4. The Labute approximate surface area is 141 Å². The van der Waals surface area contributed by atoms with Gasteiger partial charge >= 0.3 is 5.97 Å². The van der Waals surface area contributed by atoms with Crippen molar-refractivity contribution in [2.75, 3.05) is 6.54 Å². The van der Waals surface area contributed by atoms with Crippen molar-refractivity contribution in [3.8, 4) is 0 Å². The van der Waals surface area contributed by atoms with Gasteiger partial charge in [-0.15, -0.1) is 0 Å². The fourth-order valence-corrected chi connectivity index (χ4v) is 3.29. The number of nitrogens with zero attached hydrogens (tertiary/aromatic N) is 1. The molecule has 1 aliphatic heterocycles. The van der Waals surface area contributed by atoms with Gasteiger partial charge in [0.25, 0.3) is 5.91 Å². The van der Waals surface area contributed by atoms with Crippen LogP contribution in [0.2, 0.25) is 0 Å². The van der Waals surface area contributed by atoms with Crippen LogP contribution in [0.1, 0.15) is 45.5 Å². The molecule has 124 valence electrons. The fourth-order valence-electron chi connectivity index (χ4n) is 3.29. The van der Waals surface area contributed by atoms with Gasteiger partial charge in [-0.2, -0.15) is 0 Å². The van der Waals surface area contributed by atoms with E-state index < -0.39 is 5.97 Å². The number of hydrogen-bond acceptors (Lipinski definition) is 2. The molecule has 2 aromatic carbocycles. The van der Waals surface area contributed by atoms with Crippen molar-refractivity contribution in [1.82, 2.24) is 4.90 Å². The highest BCUT2D eigenvalue weighted by Gasteiger charge is 2.27. The van der Waals surface area contributed by atoms with Crippen LogP contribution in [0.3, 0.4) is 0 Å². The molecule has 0 bridgehead atoms. The molecule has 1 aliphatic rings. The van der Waals surface area contributed by atoms with Gasteiger partial charge in [0, 0.05) is 18.2 Å². The van der Waals surface area contributed by atoms with E-state index in [-0.39, 0.29) is 17.5 Å². The molecule has 24 heavy (non-hydrogen) atoms. The van der Waals surface area contributed by atoms with Crippen LogP contribution in [0.4, 0.5) is 0 Å². The van der Waals surface area contributed by atoms with Crippen LogP contribution in [0, 0.1) is 0 Å². The molecule has 1 amide bonds. The summed E-state index contributed by atoms with van der Waals surface area (Å²) in [6.45, 7) is 0.761. The molecular formula is C20H21NO3. The quantitative estimate of drug-likeness (QED) is 0.935. The van der Waals surface area contributed by atoms with Crippen molar-refractivity contribution in [3.63, 3.8) is 0 Å². The van der Waals surface area contributed by atoms with Gasteiger partial charge in [0.15, 0.2) is 0 Å². The summed E-state index contributed by atoms with van der Waals surface area (Å²) in [6.07, 6.45) is 4.02. The van der Waals surface area contributed by atoms with E-state index in [4.69, 9.17) is 5.11 Å². The Balaban J connectivity index is 1.76. The van der Waals surface area contributed by atoms with E-state index in [0.29, 0.717) is 5.56 Å². The Hall–Kier alpha value is -2.62. The van der Waals surface area contributed by atoms with Crippen LogP contribution in [-0.2, 0) is 6.42 Å². The van der Waals surface area contributed by atoms with Crippen LogP contribution < -0.4 is 0 Å². The smallest absolute Gasteiger partial charge is 0.335 e. The standard InChI is InChI=1S/C20H21NO3/c22-19(16-9-11-17(12-10-16)20(23)24)21-13-5-4-8-18(21)14-15-6-2-1-3-7-15/h1-3,6-7,9-12,18H,4-5,8,13-14H2,(H,23,24). The summed E-state index contributed by atoms with van der Waals surface area (Å²) in [5.41, 5.74) is 1.99. The molecule has 1 unspecified atom stereocenters. The maximum absolute atomic E-state index is 12.9. The number of carbonyl (C=O) groups excluding carboxylic acids is 1. The van der Waals surface area contributed by atoms with E-state index >= 15 is 0 Å². The maximum Gasteiger partial charge on any atom is 0.335 e. The highest BCUT2D eigenvalue weighted by atomic mass is 16.4. The van der Waals surface area contributed by atoms with E-state index in [1.165, 1.54) is 17.7 Å². The van der Waals surface area contributed by atoms with Crippen LogP contribution >= 0.6 is 0 Å². The number of carboxylic acid groups (broad SMARTS) is 1. The predicted octanol–water partition coefficient (Wildman–Crippen LogP) is 3.62. The van der Waals surface area contributed by atoms with Gasteiger partial charge < -0.3 is 10.0 Å². The molecular weight excluding hydrogens is 302 g/mol. The Kier molecular flexibility index (Phi) is 4.94. The van der Waals surface area contributed by atoms with Crippen molar-refractivity contribution in [2.24, 2.45) is 0 Å². The molecule has 1 fully saturated rings. The molecule has 1 saturated heterocycles. The van der Waals surface area contributed by atoms with Crippen molar-refractivity contribution in [1.29, 1.82) is 0 Å². The lowest BCUT2D eigenvalue weighted by Gasteiger charge is -2.36. The van der Waals surface area contributed by atoms with Gasteiger partial charge in [-0.1, -0.05) is 30.3 Å². The zero-order chi connectivity index (χ0) is 16.9. The summed E-state index contributed by atoms with van der Waals surface area (Å²) in [6, 6.07) is 16.6. The molecule has 1 atom stereocenters. The molecule has 0 aliphatic carbocycles. The second kappa shape index (κ2) is 7.30. The molecule has 2 aromatic rings. The van der Waals surface area contributed by atoms with Gasteiger partial charge in [-0.05, 0) is 55.5 Å². The largest absolute Gasteiger partial charge is 0.478 e. The molecule has 4 nitrogen and oxygen atoms in total.